The highest BCUT2D eigenvalue weighted by Gasteiger charge is 2.34. The Kier molecular flexibility index (Phi) is 4.17. The molecule has 2 unspecified atom stereocenters. The molecule has 5 heteroatoms. The molecule has 0 saturated carbocycles. The monoisotopic (exact) mass is 282 g/mol. The Morgan fingerprint density at radius 3 is 2.95 bits per heavy atom. The zero-order valence-corrected chi connectivity index (χ0v) is 11.4. The topological polar surface area (TPSA) is 24.5 Å². The minimum Gasteiger partial charge on any atom is -0.434 e. The normalized spacial score (nSPS) is 26.8. The van der Waals surface area contributed by atoms with Gasteiger partial charge in [-0.25, -0.2) is 0 Å². The van der Waals surface area contributed by atoms with Crippen LogP contribution in [-0.2, 0) is 6.54 Å². The Bertz CT molecular complexity index is 441. The van der Waals surface area contributed by atoms with E-state index in [2.05, 4.69) is 15.0 Å². The van der Waals surface area contributed by atoms with Crippen molar-refractivity contribution in [3.8, 4) is 5.75 Å². The van der Waals surface area contributed by atoms with Gasteiger partial charge in [0.15, 0.2) is 0 Å². The van der Waals surface area contributed by atoms with E-state index in [1.807, 2.05) is 12.1 Å². The fraction of sp³-hybridized carbons (Fsp3) is 0.600. The number of para-hydroxylation sites is 1. The molecule has 0 aromatic heterocycles. The second-order valence-electron chi connectivity index (χ2n) is 5.64. The highest BCUT2D eigenvalue weighted by molar-refractivity contribution is 5.33. The number of ether oxygens (including phenoxy) is 1. The van der Waals surface area contributed by atoms with Crippen molar-refractivity contribution in [3.63, 3.8) is 0 Å². The average Bonchev–Trinajstić information content (AvgIpc) is 2.82. The highest BCUT2D eigenvalue weighted by atomic mass is 19.3. The molecule has 2 aliphatic rings. The van der Waals surface area contributed by atoms with Crippen LogP contribution in [0.2, 0.25) is 0 Å². The number of nitrogens with zero attached hydrogens (tertiary/aromatic N) is 1. The van der Waals surface area contributed by atoms with Crippen LogP contribution in [0.3, 0.4) is 0 Å². The number of fused-ring (bicyclic) bond motifs is 1. The van der Waals surface area contributed by atoms with E-state index in [1.165, 1.54) is 12.8 Å². The molecule has 0 amide bonds. The lowest BCUT2D eigenvalue weighted by molar-refractivity contribution is -0.0507. The van der Waals surface area contributed by atoms with Crippen molar-refractivity contribution in [2.45, 2.75) is 32.0 Å². The predicted octanol–water partition coefficient (Wildman–Crippen LogP) is 2.47. The maximum Gasteiger partial charge on any atom is 0.387 e. The molecule has 0 radical (unpaired) electrons. The standard InChI is InChI=1S/C15H20F2N2O/c16-15(17)20-14-6-2-1-4-12(14)9-19-8-11-5-3-7-18-13(11)10-19/h1-2,4,6,11,13,15,18H,3,5,7-10H2. The van der Waals surface area contributed by atoms with Crippen molar-refractivity contribution >= 4 is 0 Å². The zero-order chi connectivity index (χ0) is 13.9. The van der Waals surface area contributed by atoms with Gasteiger partial charge >= 0.3 is 6.61 Å². The molecular weight excluding hydrogens is 262 g/mol. The first kappa shape index (κ1) is 13.8. The van der Waals surface area contributed by atoms with Crippen molar-refractivity contribution in [2.75, 3.05) is 19.6 Å². The van der Waals surface area contributed by atoms with Crippen molar-refractivity contribution in [1.29, 1.82) is 0 Å². The molecule has 0 bridgehead atoms. The van der Waals surface area contributed by atoms with E-state index < -0.39 is 6.61 Å². The summed E-state index contributed by atoms with van der Waals surface area (Å²) in [5.74, 6) is 0.997. The molecule has 1 aromatic rings. The molecular formula is C15H20F2N2O. The van der Waals surface area contributed by atoms with Crippen LogP contribution in [0.5, 0.6) is 5.75 Å². The first-order valence-electron chi connectivity index (χ1n) is 7.21. The van der Waals surface area contributed by atoms with Crippen LogP contribution in [0, 0.1) is 5.92 Å². The molecule has 0 aliphatic carbocycles. The fourth-order valence-corrected chi connectivity index (χ4v) is 3.35. The summed E-state index contributed by atoms with van der Waals surface area (Å²) < 4.78 is 29.4. The van der Waals surface area contributed by atoms with E-state index in [9.17, 15) is 8.78 Å². The van der Waals surface area contributed by atoms with E-state index >= 15 is 0 Å². The quantitative estimate of drug-likeness (QED) is 0.918. The molecule has 2 atom stereocenters. The Morgan fingerprint density at radius 1 is 1.30 bits per heavy atom. The predicted molar refractivity (Wildman–Crippen MR) is 72.9 cm³/mol. The van der Waals surface area contributed by atoms with Gasteiger partial charge in [0, 0.05) is 31.2 Å². The molecule has 0 spiro atoms. The summed E-state index contributed by atoms with van der Waals surface area (Å²) in [4.78, 5) is 2.33. The molecule has 2 saturated heterocycles. The van der Waals surface area contributed by atoms with E-state index in [0.717, 1.165) is 25.2 Å². The molecule has 20 heavy (non-hydrogen) atoms. The zero-order valence-electron chi connectivity index (χ0n) is 11.4. The van der Waals surface area contributed by atoms with E-state index in [-0.39, 0.29) is 0 Å². The molecule has 110 valence electrons. The van der Waals surface area contributed by atoms with E-state index in [1.54, 1.807) is 12.1 Å². The van der Waals surface area contributed by atoms with Crippen molar-refractivity contribution in [3.05, 3.63) is 29.8 Å². The van der Waals surface area contributed by atoms with Crippen molar-refractivity contribution < 1.29 is 13.5 Å². The average molecular weight is 282 g/mol. The number of halogens is 2. The number of hydrogen-bond donors (Lipinski definition) is 1. The molecule has 2 fully saturated rings. The van der Waals surface area contributed by atoms with Gasteiger partial charge in [0.05, 0.1) is 0 Å². The number of likely N-dealkylation sites (tertiary alicyclic amines) is 1. The third kappa shape index (κ3) is 3.10. The molecule has 2 aliphatic heterocycles. The second-order valence-corrected chi connectivity index (χ2v) is 5.64. The third-order valence-electron chi connectivity index (χ3n) is 4.26. The Morgan fingerprint density at radius 2 is 2.15 bits per heavy atom. The minimum absolute atomic E-state index is 0.297. The van der Waals surface area contributed by atoms with Crippen LogP contribution in [0.4, 0.5) is 8.78 Å². The van der Waals surface area contributed by atoms with Gasteiger partial charge in [-0.05, 0) is 31.4 Å². The molecule has 2 heterocycles. The summed E-state index contributed by atoms with van der Waals surface area (Å²) in [6.07, 6.45) is 2.50. The number of alkyl halides is 2. The molecule has 1 aromatic carbocycles. The van der Waals surface area contributed by atoms with Crippen LogP contribution in [0.15, 0.2) is 24.3 Å². The van der Waals surface area contributed by atoms with Crippen LogP contribution >= 0.6 is 0 Å². The van der Waals surface area contributed by atoms with Crippen molar-refractivity contribution in [1.82, 2.24) is 10.2 Å². The van der Waals surface area contributed by atoms with Crippen LogP contribution in [0.1, 0.15) is 18.4 Å². The fourth-order valence-electron chi connectivity index (χ4n) is 3.35. The van der Waals surface area contributed by atoms with Gasteiger partial charge in [0.2, 0.25) is 0 Å². The summed E-state index contributed by atoms with van der Waals surface area (Å²) in [6.45, 7) is 1.05. The highest BCUT2D eigenvalue weighted by Crippen LogP contribution is 2.28. The van der Waals surface area contributed by atoms with Crippen molar-refractivity contribution in [2.24, 2.45) is 5.92 Å². The Balaban J connectivity index is 1.66. The lowest BCUT2D eigenvalue weighted by Crippen LogP contribution is -2.40. The maximum atomic E-state index is 12.4. The summed E-state index contributed by atoms with van der Waals surface area (Å²) in [7, 11) is 0. The molecule has 3 rings (SSSR count). The number of nitrogens with one attached hydrogen (secondary N) is 1. The van der Waals surface area contributed by atoms with Gasteiger partial charge in [0.25, 0.3) is 0 Å². The van der Waals surface area contributed by atoms with Gasteiger partial charge in [-0.2, -0.15) is 8.78 Å². The van der Waals surface area contributed by atoms with Gasteiger partial charge in [-0.15, -0.1) is 0 Å². The summed E-state index contributed by atoms with van der Waals surface area (Å²) in [5.41, 5.74) is 0.839. The largest absolute Gasteiger partial charge is 0.434 e. The third-order valence-corrected chi connectivity index (χ3v) is 4.26. The summed E-state index contributed by atoms with van der Waals surface area (Å²) in [6, 6.07) is 7.64. The number of hydrogen-bond acceptors (Lipinski definition) is 3. The van der Waals surface area contributed by atoms with E-state index in [4.69, 9.17) is 0 Å². The van der Waals surface area contributed by atoms with Gasteiger partial charge < -0.3 is 10.1 Å². The summed E-state index contributed by atoms with van der Waals surface area (Å²) >= 11 is 0. The molecule has 1 N–H and O–H groups in total. The maximum absolute atomic E-state index is 12.4. The lowest BCUT2D eigenvalue weighted by Gasteiger charge is -2.24. The van der Waals surface area contributed by atoms with E-state index in [0.29, 0.717) is 24.3 Å². The number of rotatable bonds is 4. The first-order chi connectivity index (χ1) is 9.72. The minimum atomic E-state index is -2.76. The van der Waals surface area contributed by atoms with Gasteiger partial charge in [-0.3, -0.25) is 4.90 Å². The smallest absolute Gasteiger partial charge is 0.387 e. The van der Waals surface area contributed by atoms with Gasteiger partial charge in [-0.1, -0.05) is 18.2 Å². The van der Waals surface area contributed by atoms with Gasteiger partial charge in [0.1, 0.15) is 5.75 Å². The Hall–Kier alpha value is -1.20. The SMILES string of the molecule is FC(F)Oc1ccccc1CN1CC2CCCNC2C1. The lowest BCUT2D eigenvalue weighted by atomic mass is 9.94. The first-order valence-corrected chi connectivity index (χ1v) is 7.21. The van der Waals surface area contributed by atoms with Crippen LogP contribution < -0.4 is 10.1 Å². The Labute approximate surface area is 117 Å². The summed E-state index contributed by atoms with van der Waals surface area (Å²) in [5, 5.41) is 3.55. The number of piperidine rings is 1. The number of benzene rings is 1. The van der Waals surface area contributed by atoms with Crippen LogP contribution in [0.25, 0.3) is 0 Å². The second kappa shape index (κ2) is 6.06. The van der Waals surface area contributed by atoms with Crippen LogP contribution in [-0.4, -0.2) is 37.2 Å². The molecule has 3 nitrogen and oxygen atoms in total.